The standard InChI is InChI=1S/C54H32BN3/c1-3-15-33(16-4-1)56-46-27-11-21-38-40-31-35(58-44-25-9-7-19-36(44)37-20-8-10-26-45(37)58)32-41-39-22-12-28-47-51(39)53-43(24-14-30-49(53)57(47)34-17-5-2-6-18-34)55(54(40)41)42-23-13-29-48(56)52(42)50(38)46/h1-32H. The largest absolute Gasteiger partial charge is 0.309 e. The maximum absolute atomic E-state index is 2.51. The van der Waals surface area contributed by atoms with E-state index in [4.69, 9.17) is 0 Å². The van der Waals surface area contributed by atoms with Gasteiger partial charge in [-0.15, -0.1) is 0 Å². The number of rotatable bonds is 3. The number of benzene rings is 9. The van der Waals surface area contributed by atoms with Crippen molar-refractivity contribution in [3.8, 4) is 39.3 Å². The number of para-hydroxylation sites is 4. The van der Waals surface area contributed by atoms with E-state index < -0.39 is 0 Å². The zero-order chi connectivity index (χ0) is 37.6. The summed E-state index contributed by atoms with van der Waals surface area (Å²) in [6, 6.07) is 72.6. The Morgan fingerprint density at radius 2 is 0.655 bits per heavy atom. The fourth-order valence-electron chi connectivity index (χ4n) is 11.1. The van der Waals surface area contributed by atoms with Gasteiger partial charge in [-0.05, 0) is 95.1 Å². The molecule has 0 N–H and O–H groups in total. The Morgan fingerprint density at radius 1 is 0.276 bits per heavy atom. The van der Waals surface area contributed by atoms with Crippen LogP contribution in [0, 0.1) is 0 Å². The zero-order valence-electron chi connectivity index (χ0n) is 31.4. The number of hydrogen-bond donors (Lipinski definition) is 0. The van der Waals surface area contributed by atoms with E-state index >= 15 is 0 Å². The normalized spacial score (nSPS) is 12.8. The van der Waals surface area contributed by atoms with Crippen molar-refractivity contribution in [1.29, 1.82) is 0 Å². The van der Waals surface area contributed by atoms with Crippen LogP contribution in [0.1, 0.15) is 0 Å². The molecule has 3 aromatic heterocycles. The van der Waals surface area contributed by atoms with Gasteiger partial charge in [0, 0.05) is 49.4 Å². The Balaban J connectivity index is 1.23. The maximum Gasteiger partial charge on any atom is 0.244 e. The average molecular weight is 734 g/mol. The summed E-state index contributed by atoms with van der Waals surface area (Å²) in [5.41, 5.74) is 20.2. The summed E-state index contributed by atoms with van der Waals surface area (Å²) in [5.74, 6) is 0. The summed E-state index contributed by atoms with van der Waals surface area (Å²) in [5, 5.41) is 7.85. The summed E-state index contributed by atoms with van der Waals surface area (Å²) in [6.07, 6.45) is 0. The van der Waals surface area contributed by atoms with Crippen LogP contribution in [0.4, 0.5) is 0 Å². The van der Waals surface area contributed by atoms with Gasteiger partial charge in [-0.2, -0.15) is 0 Å². The summed E-state index contributed by atoms with van der Waals surface area (Å²) in [7, 11) is 0. The van der Waals surface area contributed by atoms with E-state index in [-0.39, 0.29) is 6.71 Å². The van der Waals surface area contributed by atoms with Crippen LogP contribution in [0.15, 0.2) is 194 Å². The molecule has 9 aromatic carbocycles. The van der Waals surface area contributed by atoms with Crippen molar-refractivity contribution in [2.24, 2.45) is 0 Å². The van der Waals surface area contributed by atoms with Crippen molar-refractivity contribution in [2.75, 3.05) is 0 Å². The van der Waals surface area contributed by atoms with Crippen molar-refractivity contribution in [1.82, 2.24) is 13.7 Å². The first-order chi connectivity index (χ1) is 28.8. The lowest BCUT2D eigenvalue weighted by molar-refractivity contribution is 1.18. The Labute approximate surface area is 334 Å². The van der Waals surface area contributed by atoms with Crippen molar-refractivity contribution >= 4 is 88.5 Å². The van der Waals surface area contributed by atoms with Gasteiger partial charge in [0.1, 0.15) is 0 Å². The van der Waals surface area contributed by atoms with Gasteiger partial charge in [-0.1, -0.05) is 138 Å². The Morgan fingerprint density at radius 3 is 1.14 bits per heavy atom. The maximum atomic E-state index is 2.51. The highest BCUT2D eigenvalue weighted by Gasteiger charge is 2.39. The molecule has 12 aromatic rings. The van der Waals surface area contributed by atoms with Gasteiger partial charge >= 0.3 is 0 Å². The molecule has 0 bridgehead atoms. The zero-order valence-corrected chi connectivity index (χ0v) is 31.4. The van der Waals surface area contributed by atoms with Crippen molar-refractivity contribution in [3.63, 3.8) is 0 Å². The third-order valence-corrected chi connectivity index (χ3v) is 13.2. The second kappa shape index (κ2) is 11.1. The quantitative estimate of drug-likeness (QED) is 0.161. The highest BCUT2D eigenvalue weighted by Crippen LogP contribution is 2.46. The van der Waals surface area contributed by atoms with E-state index in [2.05, 4.69) is 208 Å². The first-order valence-corrected chi connectivity index (χ1v) is 20.2. The van der Waals surface area contributed by atoms with Gasteiger partial charge in [0.25, 0.3) is 0 Å². The highest BCUT2D eigenvalue weighted by atomic mass is 15.0. The molecule has 2 aliphatic rings. The number of aromatic nitrogens is 3. The number of nitrogens with zero attached hydrogens (tertiary/aromatic N) is 3. The molecular formula is C54H32BN3. The molecule has 5 heterocycles. The van der Waals surface area contributed by atoms with E-state index in [1.807, 2.05) is 0 Å². The van der Waals surface area contributed by atoms with E-state index in [0.29, 0.717) is 0 Å². The van der Waals surface area contributed by atoms with Gasteiger partial charge in [0.05, 0.1) is 33.1 Å². The minimum Gasteiger partial charge on any atom is -0.309 e. The molecule has 0 amide bonds. The molecule has 0 saturated carbocycles. The molecule has 0 saturated heterocycles. The topological polar surface area (TPSA) is 14.8 Å². The second-order valence-electron chi connectivity index (χ2n) is 16.0. The Kier molecular flexibility index (Phi) is 5.84. The van der Waals surface area contributed by atoms with E-state index in [9.17, 15) is 0 Å². The van der Waals surface area contributed by atoms with Crippen LogP contribution in [0.5, 0.6) is 0 Å². The van der Waals surface area contributed by atoms with Crippen LogP contribution < -0.4 is 16.4 Å². The SMILES string of the molecule is c1ccc(-n2c3cccc4c3c3c(cccc32)-c2cc(-n3c5ccccc5c5ccccc53)cc3c2B4c2cccc4c2c2c-3cccc2n4-c2ccccc2)cc1. The van der Waals surface area contributed by atoms with Crippen LogP contribution in [0.25, 0.3) is 105 Å². The van der Waals surface area contributed by atoms with Crippen molar-refractivity contribution in [2.45, 2.75) is 0 Å². The van der Waals surface area contributed by atoms with Crippen LogP contribution in [0.2, 0.25) is 0 Å². The van der Waals surface area contributed by atoms with E-state index in [0.717, 1.165) is 0 Å². The number of fused-ring (bicyclic) bond motifs is 7. The fraction of sp³-hybridized carbons (Fsp3) is 0. The molecule has 266 valence electrons. The first kappa shape index (κ1) is 30.6. The Hall–Kier alpha value is -7.56. The van der Waals surface area contributed by atoms with E-state index in [1.54, 1.807) is 0 Å². The molecular weight excluding hydrogens is 701 g/mol. The molecule has 4 heteroatoms. The van der Waals surface area contributed by atoms with Crippen LogP contribution in [-0.4, -0.2) is 20.4 Å². The highest BCUT2D eigenvalue weighted by molar-refractivity contribution is 7.01. The third kappa shape index (κ3) is 3.75. The van der Waals surface area contributed by atoms with Gasteiger partial charge < -0.3 is 13.7 Å². The van der Waals surface area contributed by atoms with Crippen molar-refractivity contribution in [3.05, 3.63) is 194 Å². The lowest BCUT2D eigenvalue weighted by Gasteiger charge is -2.24. The molecule has 0 fully saturated rings. The molecule has 0 aliphatic carbocycles. The Bertz CT molecular complexity index is 3500. The molecule has 2 aliphatic heterocycles. The molecule has 0 radical (unpaired) electrons. The molecule has 58 heavy (non-hydrogen) atoms. The van der Waals surface area contributed by atoms with Gasteiger partial charge in [0.2, 0.25) is 6.71 Å². The smallest absolute Gasteiger partial charge is 0.244 e. The second-order valence-corrected chi connectivity index (χ2v) is 16.0. The van der Waals surface area contributed by atoms with Crippen molar-refractivity contribution < 1.29 is 0 Å². The predicted octanol–water partition coefficient (Wildman–Crippen LogP) is 11.5. The van der Waals surface area contributed by atoms with E-state index in [1.165, 1.54) is 121 Å². The molecule has 3 nitrogen and oxygen atoms in total. The van der Waals surface area contributed by atoms with Gasteiger partial charge in [0.15, 0.2) is 0 Å². The minimum atomic E-state index is -0.0194. The average Bonchev–Trinajstić information content (AvgIpc) is 3.87. The third-order valence-electron chi connectivity index (χ3n) is 13.2. The molecule has 0 unspecified atom stereocenters. The predicted molar refractivity (Wildman–Crippen MR) is 245 cm³/mol. The van der Waals surface area contributed by atoms with Crippen LogP contribution in [0.3, 0.4) is 0 Å². The summed E-state index contributed by atoms with van der Waals surface area (Å²) < 4.78 is 7.47. The molecule has 0 atom stereocenters. The lowest BCUT2D eigenvalue weighted by Crippen LogP contribution is -2.53. The number of hydrogen-bond acceptors (Lipinski definition) is 0. The van der Waals surface area contributed by atoms with Gasteiger partial charge in [-0.3, -0.25) is 0 Å². The summed E-state index contributed by atoms with van der Waals surface area (Å²) in [6.45, 7) is -0.0194. The van der Waals surface area contributed by atoms with Crippen LogP contribution >= 0.6 is 0 Å². The molecule has 14 rings (SSSR count). The summed E-state index contributed by atoms with van der Waals surface area (Å²) in [4.78, 5) is 0. The van der Waals surface area contributed by atoms with Crippen LogP contribution in [-0.2, 0) is 0 Å². The fourth-order valence-corrected chi connectivity index (χ4v) is 11.1. The summed E-state index contributed by atoms with van der Waals surface area (Å²) >= 11 is 0. The lowest BCUT2D eigenvalue weighted by atomic mass is 9.35. The first-order valence-electron chi connectivity index (χ1n) is 20.2. The molecule has 0 spiro atoms. The monoisotopic (exact) mass is 733 g/mol. The van der Waals surface area contributed by atoms with Gasteiger partial charge in [-0.25, -0.2) is 0 Å². The minimum absolute atomic E-state index is 0.0194.